The zero-order valence-electron chi connectivity index (χ0n) is 8.54. The first-order valence-corrected chi connectivity index (χ1v) is 4.89. The Hall–Kier alpha value is -1.53. The monoisotopic (exact) mass is 222 g/mol. The van der Waals surface area contributed by atoms with E-state index in [1.807, 2.05) is 13.0 Å². The highest BCUT2D eigenvalue weighted by molar-refractivity contribution is 6.31. The number of hydrogen-bond donors (Lipinski definition) is 1. The zero-order valence-corrected chi connectivity index (χ0v) is 9.30. The Labute approximate surface area is 93.7 Å². The van der Waals surface area contributed by atoms with Gasteiger partial charge in [0.2, 0.25) is 0 Å². The highest BCUT2D eigenvalue weighted by Crippen LogP contribution is 2.15. The summed E-state index contributed by atoms with van der Waals surface area (Å²) in [5.41, 5.74) is 1.34. The third kappa shape index (κ3) is 2.97. The topological polar surface area (TPSA) is 52.9 Å². The van der Waals surface area contributed by atoms with Crippen LogP contribution in [0.5, 0.6) is 0 Å². The second kappa shape index (κ2) is 4.81. The number of nitrogens with zero attached hydrogens (tertiary/aromatic N) is 1. The maximum Gasteiger partial charge on any atom is 0.252 e. The van der Waals surface area contributed by atoms with Crippen molar-refractivity contribution in [2.24, 2.45) is 0 Å². The van der Waals surface area contributed by atoms with E-state index in [1.54, 1.807) is 25.1 Å². The van der Waals surface area contributed by atoms with Gasteiger partial charge in [0.15, 0.2) is 0 Å². The molecule has 0 fully saturated rings. The summed E-state index contributed by atoms with van der Waals surface area (Å²) in [6.45, 7) is 3.44. The quantitative estimate of drug-likeness (QED) is 0.835. The van der Waals surface area contributed by atoms with Gasteiger partial charge in [0.1, 0.15) is 6.04 Å². The number of halogens is 1. The van der Waals surface area contributed by atoms with E-state index in [-0.39, 0.29) is 5.91 Å². The van der Waals surface area contributed by atoms with Crippen molar-refractivity contribution in [1.29, 1.82) is 5.26 Å². The maximum absolute atomic E-state index is 11.7. The summed E-state index contributed by atoms with van der Waals surface area (Å²) in [5, 5.41) is 11.6. The number of carbonyl (C=O) groups is 1. The molecule has 1 rings (SSSR count). The van der Waals surface area contributed by atoms with Gasteiger partial charge < -0.3 is 5.32 Å². The number of carbonyl (C=O) groups excluding carboxylic acids is 1. The lowest BCUT2D eigenvalue weighted by atomic mass is 10.1. The average molecular weight is 223 g/mol. The van der Waals surface area contributed by atoms with Crippen LogP contribution in [0.15, 0.2) is 18.2 Å². The van der Waals surface area contributed by atoms with Crippen molar-refractivity contribution < 1.29 is 4.79 Å². The summed E-state index contributed by atoms with van der Waals surface area (Å²) >= 11 is 5.79. The Balaban J connectivity index is 2.92. The SMILES string of the molecule is Cc1ccc(Cl)cc1C(=O)NC(C)C#N. The highest BCUT2D eigenvalue weighted by Gasteiger charge is 2.11. The molecule has 0 radical (unpaired) electrons. The molecule has 0 bridgehead atoms. The van der Waals surface area contributed by atoms with E-state index in [4.69, 9.17) is 16.9 Å². The Morgan fingerprint density at radius 1 is 1.60 bits per heavy atom. The van der Waals surface area contributed by atoms with Crippen molar-refractivity contribution in [3.63, 3.8) is 0 Å². The van der Waals surface area contributed by atoms with Crippen molar-refractivity contribution in [1.82, 2.24) is 5.32 Å². The number of nitriles is 1. The molecule has 4 heteroatoms. The van der Waals surface area contributed by atoms with Crippen LogP contribution in [0.2, 0.25) is 5.02 Å². The largest absolute Gasteiger partial charge is 0.337 e. The van der Waals surface area contributed by atoms with Crippen LogP contribution in [0, 0.1) is 18.3 Å². The third-order valence-electron chi connectivity index (χ3n) is 1.99. The van der Waals surface area contributed by atoms with Gasteiger partial charge in [-0.3, -0.25) is 4.79 Å². The maximum atomic E-state index is 11.7. The van der Waals surface area contributed by atoms with Gasteiger partial charge in [-0.2, -0.15) is 5.26 Å². The predicted octanol–water partition coefficient (Wildman–Crippen LogP) is 2.29. The zero-order chi connectivity index (χ0) is 11.4. The standard InChI is InChI=1S/C11H11ClN2O/c1-7-3-4-9(12)5-10(7)11(15)14-8(2)6-13/h3-5,8H,1-2H3,(H,14,15). The molecule has 1 aromatic rings. The van der Waals surface area contributed by atoms with Crippen molar-refractivity contribution in [3.05, 3.63) is 34.3 Å². The van der Waals surface area contributed by atoms with Gasteiger partial charge in [-0.1, -0.05) is 17.7 Å². The van der Waals surface area contributed by atoms with E-state index in [1.165, 1.54) is 0 Å². The molecule has 0 heterocycles. The molecule has 1 atom stereocenters. The van der Waals surface area contributed by atoms with Crippen molar-refractivity contribution in [3.8, 4) is 6.07 Å². The minimum absolute atomic E-state index is 0.274. The number of aryl methyl sites for hydroxylation is 1. The molecular formula is C11H11ClN2O. The number of nitrogens with one attached hydrogen (secondary N) is 1. The molecule has 1 aromatic carbocycles. The van der Waals surface area contributed by atoms with E-state index in [0.717, 1.165) is 5.56 Å². The number of hydrogen-bond acceptors (Lipinski definition) is 2. The van der Waals surface area contributed by atoms with Crippen LogP contribution in [0.1, 0.15) is 22.8 Å². The van der Waals surface area contributed by atoms with Crippen LogP contribution >= 0.6 is 11.6 Å². The van der Waals surface area contributed by atoms with Crippen molar-refractivity contribution in [2.75, 3.05) is 0 Å². The molecule has 3 nitrogen and oxygen atoms in total. The molecule has 0 aliphatic heterocycles. The molecule has 0 aliphatic rings. The van der Waals surface area contributed by atoms with Gasteiger partial charge >= 0.3 is 0 Å². The average Bonchev–Trinajstić information content (AvgIpc) is 2.21. The lowest BCUT2D eigenvalue weighted by Crippen LogP contribution is -2.31. The van der Waals surface area contributed by atoms with Crippen LogP contribution in [-0.4, -0.2) is 11.9 Å². The fourth-order valence-corrected chi connectivity index (χ4v) is 1.32. The Kier molecular flexibility index (Phi) is 3.70. The van der Waals surface area contributed by atoms with Crippen molar-refractivity contribution in [2.45, 2.75) is 19.9 Å². The number of benzene rings is 1. The van der Waals surface area contributed by atoms with E-state index in [2.05, 4.69) is 5.32 Å². The van der Waals surface area contributed by atoms with Crippen LogP contribution in [-0.2, 0) is 0 Å². The summed E-state index contributed by atoms with van der Waals surface area (Å²) < 4.78 is 0. The molecule has 0 spiro atoms. The van der Waals surface area contributed by atoms with Gasteiger partial charge in [0.05, 0.1) is 6.07 Å². The first-order chi connectivity index (χ1) is 7.04. The lowest BCUT2D eigenvalue weighted by Gasteiger charge is -2.08. The molecule has 78 valence electrons. The van der Waals surface area contributed by atoms with Crippen LogP contribution in [0.25, 0.3) is 0 Å². The lowest BCUT2D eigenvalue weighted by molar-refractivity contribution is 0.0947. The second-order valence-electron chi connectivity index (χ2n) is 3.28. The molecule has 0 aromatic heterocycles. The van der Waals surface area contributed by atoms with Crippen LogP contribution < -0.4 is 5.32 Å². The van der Waals surface area contributed by atoms with E-state index < -0.39 is 6.04 Å². The van der Waals surface area contributed by atoms with Gasteiger partial charge in [0, 0.05) is 10.6 Å². The van der Waals surface area contributed by atoms with E-state index >= 15 is 0 Å². The first-order valence-electron chi connectivity index (χ1n) is 4.51. The van der Waals surface area contributed by atoms with Gasteiger partial charge in [0.25, 0.3) is 5.91 Å². The molecule has 1 N–H and O–H groups in total. The van der Waals surface area contributed by atoms with Crippen LogP contribution in [0.4, 0.5) is 0 Å². The smallest absolute Gasteiger partial charge is 0.252 e. The minimum atomic E-state index is -0.504. The molecule has 0 aliphatic carbocycles. The van der Waals surface area contributed by atoms with Gasteiger partial charge in [-0.05, 0) is 31.5 Å². The molecule has 1 amide bonds. The summed E-state index contributed by atoms with van der Waals surface area (Å²) in [5.74, 6) is -0.274. The van der Waals surface area contributed by atoms with Gasteiger partial charge in [-0.15, -0.1) is 0 Å². The number of rotatable bonds is 2. The molecule has 15 heavy (non-hydrogen) atoms. The van der Waals surface area contributed by atoms with E-state index in [0.29, 0.717) is 10.6 Å². The number of amides is 1. The molecule has 0 saturated heterocycles. The first kappa shape index (κ1) is 11.5. The Bertz CT molecular complexity index is 423. The fraction of sp³-hybridized carbons (Fsp3) is 0.273. The third-order valence-corrected chi connectivity index (χ3v) is 2.22. The molecule has 0 saturated carbocycles. The predicted molar refractivity (Wildman–Crippen MR) is 58.7 cm³/mol. The highest BCUT2D eigenvalue weighted by atomic mass is 35.5. The van der Waals surface area contributed by atoms with Gasteiger partial charge in [-0.25, -0.2) is 0 Å². The summed E-state index contributed by atoms with van der Waals surface area (Å²) in [6.07, 6.45) is 0. The second-order valence-corrected chi connectivity index (χ2v) is 3.72. The summed E-state index contributed by atoms with van der Waals surface area (Å²) in [4.78, 5) is 11.7. The molecule has 1 unspecified atom stereocenters. The summed E-state index contributed by atoms with van der Waals surface area (Å²) in [7, 11) is 0. The molecular weight excluding hydrogens is 212 g/mol. The summed E-state index contributed by atoms with van der Waals surface area (Å²) in [6, 6.07) is 6.52. The Morgan fingerprint density at radius 3 is 2.87 bits per heavy atom. The normalized spacial score (nSPS) is 11.6. The minimum Gasteiger partial charge on any atom is -0.337 e. The van der Waals surface area contributed by atoms with E-state index in [9.17, 15) is 4.79 Å². The fourth-order valence-electron chi connectivity index (χ4n) is 1.15. The van der Waals surface area contributed by atoms with Crippen molar-refractivity contribution >= 4 is 17.5 Å². The van der Waals surface area contributed by atoms with Crippen LogP contribution in [0.3, 0.4) is 0 Å². The Morgan fingerprint density at radius 2 is 2.27 bits per heavy atom.